The van der Waals surface area contributed by atoms with E-state index in [1.165, 1.54) is 6.42 Å². The van der Waals surface area contributed by atoms with Gasteiger partial charge in [-0.05, 0) is 40.8 Å². The Hall–Kier alpha value is -0.590. The Morgan fingerprint density at radius 2 is 2.47 bits per heavy atom. The van der Waals surface area contributed by atoms with Crippen LogP contribution in [0.1, 0.15) is 23.7 Å². The highest BCUT2D eigenvalue weighted by Gasteiger charge is 2.32. The summed E-state index contributed by atoms with van der Waals surface area (Å²) in [7, 11) is 1.83. The van der Waals surface area contributed by atoms with Gasteiger partial charge in [0.1, 0.15) is 3.70 Å². The SMILES string of the molecule is CC1CC1CNC(=O)c1cnn(C)c1I. The molecule has 0 aliphatic heterocycles. The van der Waals surface area contributed by atoms with Crippen LogP contribution in [0.4, 0.5) is 0 Å². The van der Waals surface area contributed by atoms with Gasteiger partial charge in [0, 0.05) is 13.6 Å². The fourth-order valence-corrected chi connectivity index (χ4v) is 2.09. The first-order valence-electron chi connectivity index (χ1n) is 5.05. The van der Waals surface area contributed by atoms with Crippen molar-refractivity contribution >= 4 is 28.5 Å². The molecule has 4 nitrogen and oxygen atoms in total. The van der Waals surface area contributed by atoms with Crippen molar-refractivity contribution in [1.29, 1.82) is 0 Å². The zero-order chi connectivity index (χ0) is 11.0. The summed E-state index contributed by atoms with van der Waals surface area (Å²) in [6.07, 6.45) is 2.86. The molecule has 1 aromatic heterocycles. The summed E-state index contributed by atoms with van der Waals surface area (Å²) in [5, 5.41) is 6.99. The highest BCUT2D eigenvalue weighted by atomic mass is 127. The second kappa shape index (κ2) is 4.11. The number of carbonyl (C=O) groups is 1. The molecule has 1 aliphatic carbocycles. The summed E-state index contributed by atoms with van der Waals surface area (Å²) in [6.45, 7) is 3.01. The van der Waals surface area contributed by atoms with Crippen LogP contribution in [-0.4, -0.2) is 22.2 Å². The van der Waals surface area contributed by atoms with Gasteiger partial charge in [0.25, 0.3) is 5.91 Å². The van der Waals surface area contributed by atoms with Crippen molar-refractivity contribution in [3.05, 3.63) is 15.5 Å². The van der Waals surface area contributed by atoms with Gasteiger partial charge < -0.3 is 5.32 Å². The predicted molar refractivity (Wildman–Crippen MR) is 65.5 cm³/mol. The van der Waals surface area contributed by atoms with E-state index in [1.54, 1.807) is 10.9 Å². The predicted octanol–water partition coefficient (Wildman–Crippen LogP) is 1.41. The fraction of sp³-hybridized carbons (Fsp3) is 0.600. The van der Waals surface area contributed by atoms with Gasteiger partial charge in [-0.1, -0.05) is 6.92 Å². The molecule has 0 saturated heterocycles. The second-order valence-corrected chi connectivity index (χ2v) is 5.18. The third kappa shape index (κ3) is 2.32. The van der Waals surface area contributed by atoms with Crippen LogP contribution in [0.15, 0.2) is 6.20 Å². The number of amides is 1. The molecule has 0 spiro atoms. The summed E-state index contributed by atoms with van der Waals surface area (Å²) in [5.41, 5.74) is 0.673. The molecule has 15 heavy (non-hydrogen) atoms. The molecule has 0 bridgehead atoms. The molecule has 1 heterocycles. The molecule has 1 amide bonds. The molecular formula is C10H14IN3O. The molecule has 1 N–H and O–H groups in total. The van der Waals surface area contributed by atoms with Gasteiger partial charge in [0.05, 0.1) is 11.8 Å². The van der Waals surface area contributed by atoms with Crippen LogP contribution < -0.4 is 5.32 Å². The van der Waals surface area contributed by atoms with Crippen molar-refractivity contribution in [3.63, 3.8) is 0 Å². The van der Waals surface area contributed by atoms with Crippen molar-refractivity contribution in [1.82, 2.24) is 15.1 Å². The van der Waals surface area contributed by atoms with Crippen molar-refractivity contribution in [3.8, 4) is 0 Å². The highest BCUT2D eigenvalue weighted by Crippen LogP contribution is 2.36. The number of nitrogens with one attached hydrogen (secondary N) is 1. The zero-order valence-corrected chi connectivity index (χ0v) is 11.0. The first kappa shape index (κ1) is 10.9. The number of carbonyl (C=O) groups excluding carboxylic acids is 1. The molecular weight excluding hydrogens is 305 g/mol. The van der Waals surface area contributed by atoms with Gasteiger partial charge in [-0.2, -0.15) is 5.10 Å². The standard InChI is InChI=1S/C10H14IN3O/c1-6-3-7(6)4-12-10(15)8-5-13-14(2)9(8)11/h5-7H,3-4H2,1-2H3,(H,12,15). The average molecular weight is 319 g/mol. The molecule has 1 saturated carbocycles. The Morgan fingerprint density at radius 3 is 2.93 bits per heavy atom. The van der Waals surface area contributed by atoms with E-state index < -0.39 is 0 Å². The minimum absolute atomic E-state index is 0.00778. The number of nitrogens with zero attached hydrogens (tertiary/aromatic N) is 2. The van der Waals surface area contributed by atoms with Gasteiger partial charge >= 0.3 is 0 Å². The van der Waals surface area contributed by atoms with Crippen LogP contribution in [0.5, 0.6) is 0 Å². The molecule has 2 unspecified atom stereocenters. The molecule has 2 rings (SSSR count). The van der Waals surface area contributed by atoms with Gasteiger partial charge in [0.2, 0.25) is 0 Å². The number of halogens is 1. The lowest BCUT2D eigenvalue weighted by molar-refractivity contribution is 0.0950. The van der Waals surface area contributed by atoms with Gasteiger partial charge in [0.15, 0.2) is 0 Å². The van der Waals surface area contributed by atoms with Gasteiger partial charge in [-0.15, -0.1) is 0 Å². The van der Waals surface area contributed by atoms with Crippen molar-refractivity contribution in [2.75, 3.05) is 6.54 Å². The zero-order valence-electron chi connectivity index (χ0n) is 8.83. The second-order valence-electron chi connectivity index (χ2n) is 4.16. The Bertz CT molecular complexity index is 388. The topological polar surface area (TPSA) is 46.9 Å². The Kier molecular flexibility index (Phi) is 2.99. The lowest BCUT2D eigenvalue weighted by atomic mass is 10.3. The monoisotopic (exact) mass is 319 g/mol. The minimum atomic E-state index is -0.00778. The van der Waals surface area contributed by atoms with Gasteiger partial charge in [-0.25, -0.2) is 0 Å². The van der Waals surface area contributed by atoms with Crippen LogP contribution in [0.25, 0.3) is 0 Å². The lowest BCUT2D eigenvalue weighted by Crippen LogP contribution is -2.26. The third-order valence-corrected chi connectivity index (χ3v) is 4.19. The first-order valence-corrected chi connectivity index (χ1v) is 6.13. The van der Waals surface area contributed by atoms with Gasteiger partial charge in [-0.3, -0.25) is 9.48 Å². The molecule has 1 aliphatic rings. The van der Waals surface area contributed by atoms with Crippen LogP contribution in [-0.2, 0) is 7.05 Å². The lowest BCUT2D eigenvalue weighted by Gasteiger charge is -2.02. The van der Waals surface area contributed by atoms with Crippen LogP contribution >= 0.6 is 22.6 Å². The molecule has 2 atom stereocenters. The molecule has 0 aromatic carbocycles. The summed E-state index contributed by atoms with van der Waals surface area (Å²) in [5.74, 6) is 1.45. The minimum Gasteiger partial charge on any atom is -0.352 e. The average Bonchev–Trinajstić information content (AvgIpc) is 2.81. The van der Waals surface area contributed by atoms with Crippen LogP contribution in [0.3, 0.4) is 0 Å². The van der Waals surface area contributed by atoms with E-state index in [-0.39, 0.29) is 5.91 Å². The number of hydrogen-bond donors (Lipinski definition) is 1. The highest BCUT2D eigenvalue weighted by molar-refractivity contribution is 14.1. The maximum absolute atomic E-state index is 11.7. The van der Waals surface area contributed by atoms with E-state index in [4.69, 9.17) is 0 Å². The van der Waals surface area contributed by atoms with Crippen molar-refractivity contribution < 1.29 is 4.79 Å². The Balaban J connectivity index is 1.93. The maximum Gasteiger partial charge on any atom is 0.255 e. The fourth-order valence-electron chi connectivity index (χ4n) is 1.58. The third-order valence-electron chi connectivity index (χ3n) is 2.91. The molecule has 0 radical (unpaired) electrons. The van der Waals surface area contributed by atoms with E-state index in [1.807, 2.05) is 7.05 Å². The first-order chi connectivity index (χ1) is 7.09. The quantitative estimate of drug-likeness (QED) is 0.857. The summed E-state index contributed by atoms with van der Waals surface area (Å²) in [4.78, 5) is 11.7. The molecule has 1 aromatic rings. The largest absolute Gasteiger partial charge is 0.352 e. The summed E-state index contributed by atoms with van der Waals surface area (Å²) < 4.78 is 2.59. The van der Waals surface area contributed by atoms with Crippen LogP contribution in [0, 0.1) is 15.5 Å². The van der Waals surface area contributed by atoms with E-state index in [0.717, 1.165) is 16.2 Å². The molecule has 1 fully saturated rings. The van der Waals surface area contributed by atoms with E-state index in [9.17, 15) is 4.79 Å². The molecule has 5 heteroatoms. The van der Waals surface area contributed by atoms with E-state index >= 15 is 0 Å². The molecule has 82 valence electrons. The maximum atomic E-state index is 11.7. The number of rotatable bonds is 3. The number of hydrogen-bond acceptors (Lipinski definition) is 2. The van der Waals surface area contributed by atoms with E-state index in [2.05, 4.69) is 39.9 Å². The Morgan fingerprint density at radius 1 is 1.80 bits per heavy atom. The van der Waals surface area contributed by atoms with Crippen molar-refractivity contribution in [2.24, 2.45) is 18.9 Å². The summed E-state index contributed by atoms with van der Waals surface area (Å²) in [6, 6.07) is 0. The number of aromatic nitrogens is 2. The Labute approximate surface area is 103 Å². The van der Waals surface area contributed by atoms with E-state index in [0.29, 0.717) is 11.5 Å². The summed E-state index contributed by atoms with van der Waals surface area (Å²) >= 11 is 2.13. The van der Waals surface area contributed by atoms with Crippen molar-refractivity contribution in [2.45, 2.75) is 13.3 Å². The van der Waals surface area contributed by atoms with Crippen LogP contribution in [0.2, 0.25) is 0 Å². The number of aryl methyl sites for hydroxylation is 1. The smallest absolute Gasteiger partial charge is 0.255 e. The normalized spacial score (nSPS) is 23.9.